The molecule has 0 amide bonds. The van der Waals surface area contributed by atoms with E-state index >= 15 is 0 Å². The molecule has 1 fully saturated rings. The zero-order valence-corrected chi connectivity index (χ0v) is 19.7. The van der Waals surface area contributed by atoms with E-state index in [4.69, 9.17) is 25.0 Å². The Morgan fingerprint density at radius 3 is 3.00 bits per heavy atom. The number of hydrogen-bond donors (Lipinski definition) is 3. The second-order valence-corrected chi connectivity index (χ2v) is 12.0. The van der Waals surface area contributed by atoms with Gasteiger partial charge in [-0.2, -0.15) is 0 Å². The molecule has 1 aromatic carbocycles. The van der Waals surface area contributed by atoms with Crippen LogP contribution in [0, 0.1) is 0 Å². The van der Waals surface area contributed by atoms with Crippen molar-refractivity contribution in [3.8, 4) is 10.4 Å². The van der Waals surface area contributed by atoms with Crippen LogP contribution in [0.4, 0.5) is 0 Å². The molecular weight excluding hydrogens is 439 g/mol. The Labute approximate surface area is 185 Å². The molecule has 0 spiro atoms. The number of nitrogens with two attached hydrogens (primary N) is 1. The molecule has 1 aromatic heterocycles. The molecule has 30 heavy (non-hydrogen) atoms. The summed E-state index contributed by atoms with van der Waals surface area (Å²) in [4.78, 5) is 24.1. The summed E-state index contributed by atoms with van der Waals surface area (Å²) in [5.74, 6) is 1.42. The molecule has 4 rings (SSSR count). The maximum absolute atomic E-state index is 11.0. The molecule has 6 nitrogen and oxygen atoms in total. The molecular formula is C21H29N2O4PS2. The van der Waals surface area contributed by atoms with Crippen molar-refractivity contribution in [1.82, 2.24) is 4.98 Å². The second kappa shape index (κ2) is 9.02. The number of rotatable bonds is 8. The zero-order chi connectivity index (χ0) is 21.4. The quantitative estimate of drug-likeness (QED) is 0.288. The Morgan fingerprint density at radius 2 is 2.23 bits per heavy atom. The average Bonchev–Trinajstić information content (AvgIpc) is 3.30. The minimum Gasteiger partial charge on any atom is -0.323 e. The lowest BCUT2D eigenvalue weighted by atomic mass is 9.87. The second-order valence-electron chi connectivity index (χ2n) is 8.44. The van der Waals surface area contributed by atoms with Crippen LogP contribution < -0.4 is 5.73 Å². The molecule has 2 aromatic rings. The van der Waals surface area contributed by atoms with Gasteiger partial charge in [-0.05, 0) is 61.1 Å². The van der Waals surface area contributed by atoms with Gasteiger partial charge in [0.2, 0.25) is 0 Å². The SMILES string of the molecule is CCCCSc1nc2c(s1)-c1ccc([C@H]3CC[C@](N)(COP(=O)(O)O)C3)cc1CC2. The van der Waals surface area contributed by atoms with Gasteiger partial charge < -0.3 is 15.5 Å². The lowest BCUT2D eigenvalue weighted by Crippen LogP contribution is -2.41. The molecule has 2 atom stereocenters. The van der Waals surface area contributed by atoms with Crippen molar-refractivity contribution in [3.05, 3.63) is 35.0 Å². The molecule has 2 aliphatic carbocycles. The van der Waals surface area contributed by atoms with E-state index < -0.39 is 13.4 Å². The molecule has 1 saturated carbocycles. The number of aromatic nitrogens is 1. The van der Waals surface area contributed by atoms with Gasteiger partial charge in [-0.1, -0.05) is 43.3 Å². The maximum Gasteiger partial charge on any atom is 0.469 e. The highest BCUT2D eigenvalue weighted by atomic mass is 32.2. The minimum absolute atomic E-state index is 0.110. The Bertz CT molecular complexity index is 960. The largest absolute Gasteiger partial charge is 0.469 e. The summed E-state index contributed by atoms with van der Waals surface area (Å²) < 4.78 is 16.9. The topological polar surface area (TPSA) is 106 Å². The first-order chi connectivity index (χ1) is 14.3. The van der Waals surface area contributed by atoms with Gasteiger partial charge in [0.25, 0.3) is 0 Å². The summed E-state index contributed by atoms with van der Waals surface area (Å²) >= 11 is 3.69. The normalized spacial score (nSPS) is 23.4. The highest BCUT2D eigenvalue weighted by Gasteiger charge is 2.38. The number of thiazole rings is 1. The molecule has 9 heteroatoms. The van der Waals surface area contributed by atoms with Crippen LogP contribution in [0.1, 0.15) is 61.8 Å². The van der Waals surface area contributed by atoms with E-state index in [0.29, 0.717) is 18.8 Å². The first-order valence-electron chi connectivity index (χ1n) is 10.5. The third-order valence-electron chi connectivity index (χ3n) is 6.04. The van der Waals surface area contributed by atoms with Crippen molar-refractivity contribution in [1.29, 1.82) is 0 Å². The first-order valence-corrected chi connectivity index (χ1v) is 13.8. The minimum atomic E-state index is -4.49. The molecule has 1 heterocycles. The van der Waals surface area contributed by atoms with Gasteiger partial charge >= 0.3 is 7.82 Å². The van der Waals surface area contributed by atoms with Gasteiger partial charge in [0, 0.05) is 11.3 Å². The van der Waals surface area contributed by atoms with Crippen LogP contribution in [0.2, 0.25) is 0 Å². The van der Waals surface area contributed by atoms with E-state index in [2.05, 4.69) is 25.1 Å². The molecule has 0 radical (unpaired) electrons. The number of unbranched alkanes of at least 4 members (excludes halogenated alkanes) is 1. The Hall–Kier alpha value is -0.730. The molecule has 0 saturated heterocycles. The Balaban J connectivity index is 1.47. The van der Waals surface area contributed by atoms with Crippen LogP contribution in [0.15, 0.2) is 22.5 Å². The van der Waals surface area contributed by atoms with Crippen LogP contribution in [0.3, 0.4) is 0 Å². The standard InChI is InChI=1S/C21H29N2O4PS2/c1-2-3-10-29-20-23-18-7-5-15-11-14(4-6-17(15)19(18)30-20)16-8-9-21(22,12-16)13-27-28(24,25)26/h4,6,11,16H,2-3,5,7-10,12-13,22H2,1H3,(H2,24,25,26)/t16-,21+/m0/s1. The van der Waals surface area contributed by atoms with Crippen molar-refractivity contribution in [3.63, 3.8) is 0 Å². The third-order valence-corrected chi connectivity index (χ3v) is 8.87. The van der Waals surface area contributed by atoms with Gasteiger partial charge in [0.1, 0.15) is 0 Å². The number of nitrogens with zero attached hydrogens (tertiary/aromatic N) is 1. The monoisotopic (exact) mass is 468 g/mol. The van der Waals surface area contributed by atoms with Crippen LogP contribution in [-0.2, 0) is 21.9 Å². The Kier molecular flexibility index (Phi) is 6.76. The lowest BCUT2D eigenvalue weighted by Gasteiger charge is -2.24. The fourth-order valence-electron chi connectivity index (χ4n) is 4.41. The van der Waals surface area contributed by atoms with E-state index in [1.807, 2.05) is 23.1 Å². The molecule has 0 unspecified atom stereocenters. The van der Waals surface area contributed by atoms with Crippen LogP contribution in [-0.4, -0.2) is 32.7 Å². The summed E-state index contributed by atoms with van der Waals surface area (Å²) in [7, 11) is -4.49. The summed E-state index contributed by atoms with van der Waals surface area (Å²) in [6.07, 6.45) is 6.70. The molecule has 0 aliphatic heterocycles. The maximum atomic E-state index is 11.0. The van der Waals surface area contributed by atoms with Crippen LogP contribution in [0.5, 0.6) is 0 Å². The number of phosphoric acid groups is 1. The number of aryl methyl sites for hydroxylation is 2. The van der Waals surface area contributed by atoms with Crippen molar-refractivity contribution < 1.29 is 18.9 Å². The van der Waals surface area contributed by atoms with Crippen molar-refractivity contribution >= 4 is 30.9 Å². The van der Waals surface area contributed by atoms with E-state index in [0.717, 1.165) is 25.0 Å². The first kappa shape index (κ1) is 22.5. The number of hydrogen-bond acceptors (Lipinski definition) is 6. The summed E-state index contributed by atoms with van der Waals surface area (Å²) in [5.41, 5.74) is 10.9. The molecule has 4 N–H and O–H groups in total. The summed E-state index contributed by atoms with van der Waals surface area (Å²) in [6, 6.07) is 6.73. The van der Waals surface area contributed by atoms with Crippen LogP contribution in [0.25, 0.3) is 10.4 Å². The molecule has 0 bridgehead atoms. The lowest BCUT2D eigenvalue weighted by molar-refractivity contribution is 0.153. The number of fused-ring (bicyclic) bond motifs is 3. The highest BCUT2D eigenvalue weighted by Crippen LogP contribution is 2.46. The fourth-order valence-corrected chi connectivity index (χ4v) is 7.26. The van der Waals surface area contributed by atoms with Gasteiger partial charge in [0.05, 0.1) is 17.2 Å². The van der Waals surface area contributed by atoms with E-state index in [9.17, 15) is 4.57 Å². The van der Waals surface area contributed by atoms with Crippen molar-refractivity contribution in [2.45, 2.75) is 67.7 Å². The van der Waals surface area contributed by atoms with E-state index in [-0.39, 0.29) is 6.61 Å². The smallest absolute Gasteiger partial charge is 0.323 e. The number of benzene rings is 1. The fraction of sp³-hybridized carbons (Fsp3) is 0.571. The summed E-state index contributed by atoms with van der Waals surface area (Å²) in [6.45, 7) is 2.10. The van der Waals surface area contributed by atoms with E-state index in [1.165, 1.54) is 44.4 Å². The number of phosphoric ester groups is 1. The predicted molar refractivity (Wildman–Crippen MR) is 122 cm³/mol. The van der Waals surface area contributed by atoms with Crippen molar-refractivity contribution in [2.24, 2.45) is 5.73 Å². The third kappa shape index (κ3) is 5.18. The molecule has 2 aliphatic rings. The molecule has 164 valence electrons. The van der Waals surface area contributed by atoms with Crippen molar-refractivity contribution in [2.75, 3.05) is 12.4 Å². The number of thioether (sulfide) groups is 1. The average molecular weight is 469 g/mol. The van der Waals surface area contributed by atoms with Gasteiger partial charge in [-0.15, -0.1) is 11.3 Å². The Morgan fingerprint density at radius 1 is 1.40 bits per heavy atom. The summed E-state index contributed by atoms with van der Waals surface area (Å²) in [5, 5.41) is 0. The van der Waals surface area contributed by atoms with Gasteiger partial charge in [-0.25, -0.2) is 9.55 Å². The van der Waals surface area contributed by atoms with E-state index in [1.54, 1.807) is 0 Å². The predicted octanol–water partition coefficient (Wildman–Crippen LogP) is 4.88. The van der Waals surface area contributed by atoms with Gasteiger partial charge in [0.15, 0.2) is 4.34 Å². The van der Waals surface area contributed by atoms with Gasteiger partial charge in [-0.3, -0.25) is 4.52 Å². The highest BCUT2D eigenvalue weighted by molar-refractivity contribution is 8.01. The zero-order valence-electron chi connectivity index (χ0n) is 17.2. The van der Waals surface area contributed by atoms with Crippen LogP contribution >= 0.6 is 30.9 Å².